The summed E-state index contributed by atoms with van der Waals surface area (Å²) in [5, 5.41) is 0. The van der Waals surface area contributed by atoms with Gasteiger partial charge in [0.25, 0.3) is 0 Å². The summed E-state index contributed by atoms with van der Waals surface area (Å²) < 4.78 is 15.8. The lowest BCUT2D eigenvalue weighted by atomic mass is 10.1. The number of rotatable bonds is 9. The van der Waals surface area contributed by atoms with Gasteiger partial charge in [-0.25, -0.2) is 9.59 Å². The summed E-state index contributed by atoms with van der Waals surface area (Å²) >= 11 is 0. The topological polar surface area (TPSA) is 78.9 Å². The fourth-order valence-corrected chi connectivity index (χ4v) is 2.41. The Bertz CT molecular complexity index is 1030. The van der Waals surface area contributed by atoms with Gasteiger partial charge in [0.2, 0.25) is 0 Å². The van der Waals surface area contributed by atoms with Gasteiger partial charge in [0.05, 0.1) is 6.42 Å². The molecule has 0 heterocycles. The molecule has 2 aromatic rings. The van der Waals surface area contributed by atoms with Gasteiger partial charge in [0, 0.05) is 17.2 Å². The van der Waals surface area contributed by atoms with E-state index in [1.165, 1.54) is 6.07 Å². The maximum absolute atomic E-state index is 12.5. The van der Waals surface area contributed by atoms with Crippen molar-refractivity contribution in [3.63, 3.8) is 0 Å². The van der Waals surface area contributed by atoms with Crippen molar-refractivity contribution in [1.29, 1.82) is 0 Å². The fraction of sp³-hybridized carbons (Fsp3) is 0.160. The summed E-state index contributed by atoms with van der Waals surface area (Å²) in [7, 11) is 0. The Morgan fingerprint density at radius 3 is 1.94 bits per heavy atom. The summed E-state index contributed by atoms with van der Waals surface area (Å²) in [6, 6.07) is 11.3. The Morgan fingerprint density at radius 1 is 0.839 bits per heavy atom. The third-order valence-electron chi connectivity index (χ3n) is 4.02. The predicted octanol–water partition coefficient (Wildman–Crippen LogP) is 4.53. The Hall–Kier alpha value is -3.93. The molecule has 160 valence electrons. The molecule has 0 N–H and O–H groups in total. The van der Waals surface area contributed by atoms with Gasteiger partial charge in [-0.05, 0) is 49.6 Å². The van der Waals surface area contributed by atoms with E-state index in [0.29, 0.717) is 23.3 Å². The van der Waals surface area contributed by atoms with Crippen molar-refractivity contribution < 1.29 is 28.6 Å². The van der Waals surface area contributed by atoms with E-state index in [9.17, 15) is 14.4 Å². The van der Waals surface area contributed by atoms with Gasteiger partial charge in [-0.3, -0.25) is 4.79 Å². The zero-order valence-corrected chi connectivity index (χ0v) is 17.6. The quantitative estimate of drug-likeness (QED) is 0.257. The minimum atomic E-state index is -0.568. The molecule has 0 unspecified atom stereocenters. The molecule has 0 bridgehead atoms. The van der Waals surface area contributed by atoms with Crippen LogP contribution in [0.1, 0.15) is 25.0 Å². The van der Waals surface area contributed by atoms with E-state index in [-0.39, 0.29) is 23.5 Å². The number of benzene rings is 2. The summed E-state index contributed by atoms with van der Waals surface area (Å²) in [6.07, 6.45) is 2.15. The monoisotopic (exact) mass is 420 g/mol. The van der Waals surface area contributed by atoms with E-state index in [1.54, 1.807) is 56.3 Å². The maximum atomic E-state index is 12.5. The van der Waals surface area contributed by atoms with E-state index in [4.69, 9.17) is 14.2 Å². The fourth-order valence-electron chi connectivity index (χ4n) is 2.41. The first-order valence-corrected chi connectivity index (χ1v) is 9.48. The van der Waals surface area contributed by atoms with Crippen molar-refractivity contribution in [3.8, 4) is 17.2 Å². The van der Waals surface area contributed by atoms with Gasteiger partial charge in [-0.1, -0.05) is 37.4 Å². The Morgan fingerprint density at radius 2 is 1.39 bits per heavy atom. The van der Waals surface area contributed by atoms with Crippen molar-refractivity contribution >= 4 is 17.9 Å². The van der Waals surface area contributed by atoms with Crippen molar-refractivity contribution in [3.05, 3.63) is 90.6 Å². The molecule has 0 aliphatic carbocycles. The molecule has 0 saturated carbocycles. The van der Waals surface area contributed by atoms with Gasteiger partial charge >= 0.3 is 17.9 Å². The summed E-state index contributed by atoms with van der Waals surface area (Å²) in [6.45, 7) is 13.9. The van der Waals surface area contributed by atoms with E-state index in [0.717, 1.165) is 5.56 Å². The van der Waals surface area contributed by atoms with E-state index >= 15 is 0 Å². The Balaban J connectivity index is 2.10. The van der Waals surface area contributed by atoms with Crippen LogP contribution in [0.4, 0.5) is 0 Å². The van der Waals surface area contributed by atoms with Crippen LogP contribution in [0.5, 0.6) is 17.2 Å². The van der Waals surface area contributed by atoms with Crippen LogP contribution in [0.25, 0.3) is 0 Å². The molecule has 0 saturated heterocycles. The predicted molar refractivity (Wildman–Crippen MR) is 117 cm³/mol. The largest absolute Gasteiger partial charge is 0.426 e. The highest BCUT2D eigenvalue weighted by Crippen LogP contribution is 2.27. The zero-order valence-electron chi connectivity index (χ0n) is 17.6. The molecule has 2 aromatic carbocycles. The van der Waals surface area contributed by atoms with Crippen molar-refractivity contribution in [2.75, 3.05) is 0 Å². The molecule has 0 spiro atoms. The van der Waals surface area contributed by atoms with E-state index < -0.39 is 17.9 Å². The Labute approximate surface area is 181 Å². The normalized spacial score (nSPS) is 10.0. The van der Waals surface area contributed by atoms with Crippen molar-refractivity contribution in [2.24, 2.45) is 0 Å². The zero-order chi connectivity index (χ0) is 23.0. The number of carbonyl (C=O) groups excluding carboxylic acids is 3. The van der Waals surface area contributed by atoms with Crippen LogP contribution >= 0.6 is 0 Å². The van der Waals surface area contributed by atoms with Crippen LogP contribution in [0, 0.1) is 0 Å². The van der Waals surface area contributed by atoms with Crippen LogP contribution in [0.15, 0.2) is 79.4 Å². The molecule has 6 heteroatoms. The molecule has 31 heavy (non-hydrogen) atoms. The number of carbonyl (C=O) groups is 3. The molecule has 0 aromatic heterocycles. The number of hydrogen-bond acceptors (Lipinski definition) is 6. The van der Waals surface area contributed by atoms with Crippen LogP contribution in [0.2, 0.25) is 0 Å². The second-order valence-electron chi connectivity index (χ2n) is 6.90. The molecule has 0 atom stereocenters. The first kappa shape index (κ1) is 23.3. The average molecular weight is 420 g/mol. The Kier molecular flexibility index (Phi) is 8.09. The minimum absolute atomic E-state index is 0.00196. The standard InChI is InChI=1S/C25H24O6/c1-6-7-19-10-13-21(30-25(28)17(4)5)15-22(19)31-23(26)14-18-8-11-20(12-9-18)29-24(27)16(2)3/h6,8-13,15H,1-2,4,7,14H2,3,5H3. The molecule has 0 amide bonds. The highest BCUT2D eigenvalue weighted by Gasteiger charge is 2.14. The molecular weight excluding hydrogens is 396 g/mol. The number of esters is 3. The second kappa shape index (κ2) is 10.7. The van der Waals surface area contributed by atoms with Crippen LogP contribution in [-0.4, -0.2) is 17.9 Å². The SMILES string of the molecule is C=CCc1ccc(OC(=O)C(=C)C)cc1OC(=O)Cc1ccc(OC(=O)C(=C)C)cc1. The molecular formula is C25H24O6. The van der Waals surface area contributed by atoms with E-state index in [2.05, 4.69) is 19.7 Å². The van der Waals surface area contributed by atoms with Gasteiger partial charge in [0.15, 0.2) is 0 Å². The molecule has 0 aliphatic rings. The molecule has 0 radical (unpaired) electrons. The average Bonchev–Trinajstić information content (AvgIpc) is 2.71. The molecule has 2 rings (SSSR count). The van der Waals surface area contributed by atoms with E-state index in [1.807, 2.05) is 0 Å². The third-order valence-corrected chi connectivity index (χ3v) is 4.02. The van der Waals surface area contributed by atoms with Crippen molar-refractivity contribution in [2.45, 2.75) is 26.7 Å². The van der Waals surface area contributed by atoms with Gasteiger partial charge in [-0.2, -0.15) is 0 Å². The molecule has 0 aliphatic heterocycles. The molecule has 6 nitrogen and oxygen atoms in total. The maximum Gasteiger partial charge on any atom is 0.338 e. The minimum Gasteiger partial charge on any atom is -0.426 e. The summed E-state index contributed by atoms with van der Waals surface area (Å²) in [5.41, 5.74) is 1.95. The highest BCUT2D eigenvalue weighted by atomic mass is 16.5. The van der Waals surface area contributed by atoms with Crippen LogP contribution in [0.3, 0.4) is 0 Å². The van der Waals surface area contributed by atoms with Gasteiger partial charge in [-0.15, -0.1) is 6.58 Å². The smallest absolute Gasteiger partial charge is 0.338 e. The van der Waals surface area contributed by atoms with Crippen LogP contribution in [-0.2, 0) is 27.2 Å². The number of hydrogen-bond donors (Lipinski definition) is 0. The third kappa shape index (κ3) is 7.12. The first-order valence-electron chi connectivity index (χ1n) is 9.48. The van der Waals surface area contributed by atoms with Crippen molar-refractivity contribution in [1.82, 2.24) is 0 Å². The molecule has 0 fully saturated rings. The number of allylic oxidation sites excluding steroid dienone is 1. The lowest BCUT2D eigenvalue weighted by molar-refractivity contribution is -0.133. The summed E-state index contributed by atoms with van der Waals surface area (Å²) in [5.74, 6) is -0.711. The first-order chi connectivity index (χ1) is 14.7. The van der Waals surface area contributed by atoms with Gasteiger partial charge < -0.3 is 14.2 Å². The van der Waals surface area contributed by atoms with Gasteiger partial charge in [0.1, 0.15) is 17.2 Å². The van der Waals surface area contributed by atoms with Crippen LogP contribution < -0.4 is 14.2 Å². The highest BCUT2D eigenvalue weighted by molar-refractivity contribution is 5.89. The second-order valence-corrected chi connectivity index (χ2v) is 6.90. The lowest BCUT2D eigenvalue weighted by Crippen LogP contribution is -2.13. The summed E-state index contributed by atoms with van der Waals surface area (Å²) in [4.78, 5) is 35.8. The lowest BCUT2D eigenvalue weighted by Gasteiger charge is -2.12. The number of ether oxygens (including phenoxy) is 3.